The van der Waals surface area contributed by atoms with Crippen molar-refractivity contribution < 1.29 is 9.50 Å². The highest BCUT2D eigenvalue weighted by Crippen LogP contribution is 2.25. The van der Waals surface area contributed by atoms with Gasteiger partial charge < -0.3 is 10.8 Å². The van der Waals surface area contributed by atoms with Crippen molar-refractivity contribution in [2.75, 3.05) is 0 Å². The first-order chi connectivity index (χ1) is 7.15. The molecule has 0 aromatic heterocycles. The summed E-state index contributed by atoms with van der Waals surface area (Å²) in [6.45, 7) is 1.56. The minimum atomic E-state index is -0.755. The SMILES string of the molecule is C[C@@H](O)c1cc(F)ccc1N=CC=CN. The van der Waals surface area contributed by atoms with Crippen LogP contribution in [0.1, 0.15) is 18.6 Å². The Labute approximate surface area is 87.8 Å². The molecule has 4 heteroatoms. The molecule has 1 aromatic carbocycles. The average Bonchev–Trinajstić information content (AvgIpc) is 2.20. The Morgan fingerprint density at radius 3 is 2.87 bits per heavy atom. The van der Waals surface area contributed by atoms with Crippen molar-refractivity contribution in [3.63, 3.8) is 0 Å². The summed E-state index contributed by atoms with van der Waals surface area (Å²) in [6, 6.07) is 4.08. The predicted molar refractivity (Wildman–Crippen MR) is 58.5 cm³/mol. The number of aliphatic hydroxyl groups excluding tert-OH is 1. The van der Waals surface area contributed by atoms with Crippen LogP contribution in [-0.4, -0.2) is 11.3 Å². The number of nitrogens with zero attached hydrogens (tertiary/aromatic N) is 1. The summed E-state index contributed by atoms with van der Waals surface area (Å²) in [6.07, 6.45) is 3.62. The Bertz CT molecular complexity index is 386. The van der Waals surface area contributed by atoms with E-state index in [4.69, 9.17) is 5.73 Å². The van der Waals surface area contributed by atoms with E-state index in [1.807, 2.05) is 0 Å². The summed E-state index contributed by atoms with van der Waals surface area (Å²) in [5.41, 5.74) is 6.12. The molecule has 1 rings (SSSR count). The van der Waals surface area contributed by atoms with Gasteiger partial charge in [-0.1, -0.05) is 0 Å². The largest absolute Gasteiger partial charge is 0.405 e. The van der Waals surface area contributed by atoms with Gasteiger partial charge in [0.2, 0.25) is 0 Å². The van der Waals surface area contributed by atoms with E-state index in [0.29, 0.717) is 11.3 Å². The van der Waals surface area contributed by atoms with Crippen LogP contribution in [-0.2, 0) is 0 Å². The van der Waals surface area contributed by atoms with Gasteiger partial charge >= 0.3 is 0 Å². The van der Waals surface area contributed by atoms with Gasteiger partial charge in [-0.2, -0.15) is 0 Å². The maximum Gasteiger partial charge on any atom is 0.123 e. The van der Waals surface area contributed by atoms with Crippen LogP contribution in [0.25, 0.3) is 0 Å². The van der Waals surface area contributed by atoms with Gasteiger partial charge in [-0.15, -0.1) is 0 Å². The highest BCUT2D eigenvalue weighted by molar-refractivity contribution is 5.75. The minimum absolute atomic E-state index is 0.390. The Morgan fingerprint density at radius 1 is 1.53 bits per heavy atom. The summed E-state index contributed by atoms with van der Waals surface area (Å²) in [5.74, 6) is -0.390. The standard InChI is InChI=1S/C11H13FN2O/c1-8(15)10-7-9(12)3-4-11(10)14-6-2-5-13/h2-8,15H,13H2,1H3/t8-/m1/s1. The van der Waals surface area contributed by atoms with E-state index in [0.717, 1.165) is 0 Å². The zero-order valence-corrected chi connectivity index (χ0v) is 8.39. The number of hydrogen-bond acceptors (Lipinski definition) is 3. The lowest BCUT2D eigenvalue weighted by Gasteiger charge is -2.07. The molecule has 3 nitrogen and oxygen atoms in total. The second-order valence-corrected chi connectivity index (χ2v) is 3.04. The summed E-state index contributed by atoms with van der Waals surface area (Å²) >= 11 is 0. The Kier molecular flexibility index (Phi) is 4.00. The van der Waals surface area contributed by atoms with Crippen LogP contribution in [0.4, 0.5) is 10.1 Å². The molecule has 1 atom stereocenters. The molecule has 0 fully saturated rings. The van der Waals surface area contributed by atoms with E-state index in [2.05, 4.69) is 4.99 Å². The average molecular weight is 208 g/mol. The van der Waals surface area contributed by atoms with Crippen molar-refractivity contribution in [1.29, 1.82) is 0 Å². The maximum absolute atomic E-state index is 12.9. The first-order valence-corrected chi connectivity index (χ1v) is 4.53. The van der Waals surface area contributed by atoms with E-state index in [1.54, 1.807) is 13.0 Å². The zero-order valence-electron chi connectivity index (χ0n) is 8.39. The van der Waals surface area contributed by atoms with Gasteiger partial charge in [-0.3, -0.25) is 4.99 Å². The Hall–Kier alpha value is -1.68. The number of allylic oxidation sites excluding steroid dienone is 1. The van der Waals surface area contributed by atoms with Gasteiger partial charge in [0, 0.05) is 11.8 Å². The van der Waals surface area contributed by atoms with Crippen LogP contribution in [0.5, 0.6) is 0 Å². The van der Waals surface area contributed by atoms with Crippen LogP contribution in [0.15, 0.2) is 35.5 Å². The molecule has 0 saturated carbocycles. The molecular formula is C11H13FN2O. The summed E-state index contributed by atoms with van der Waals surface area (Å²) in [4.78, 5) is 4.04. The lowest BCUT2D eigenvalue weighted by atomic mass is 10.1. The van der Waals surface area contributed by atoms with Gasteiger partial charge in [-0.05, 0) is 37.4 Å². The van der Waals surface area contributed by atoms with Gasteiger partial charge in [0.05, 0.1) is 11.8 Å². The molecule has 0 amide bonds. The van der Waals surface area contributed by atoms with E-state index < -0.39 is 6.10 Å². The van der Waals surface area contributed by atoms with Crippen molar-refractivity contribution in [3.8, 4) is 0 Å². The molecular weight excluding hydrogens is 195 g/mol. The monoisotopic (exact) mass is 208 g/mol. The Balaban J connectivity index is 3.06. The molecule has 0 bridgehead atoms. The van der Waals surface area contributed by atoms with E-state index in [-0.39, 0.29) is 5.82 Å². The second-order valence-electron chi connectivity index (χ2n) is 3.04. The third-order valence-corrected chi connectivity index (χ3v) is 1.85. The third kappa shape index (κ3) is 3.18. The van der Waals surface area contributed by atoms with E-state index in [9.17, 15) is 9.50 Å². The first-order valence-electron chi connectivity index (χ1n) is 4.53. The van der Waals surface area contributed by atoms with Gasteiger partial charge in [0.15, 0.2) is 0 Å². The molecule has 1 aromatic rings. The minimum Gasteiger partial charge on any atom is -0.405 e. The molecule has 0 aliphatic heterocycles. The maximum atomic E-state index is 12.9. The predicted octanol–water partition coefficient (Wildman–Crippen LogP) is 2.05. The topological polar surface area (TPSA) is 58.6 Å². The summed E-state index contributed by atoms with van der Waals surface area (Å²) < 4.78 is 12.9. The van der Waals surface area contributed by atoms with Crippen molar-refractivity contribution >= 4 is 11.9 Å². The van der Waals surface area contributed by atoms with Crippen LogP contribution >= 0.6 is 0 Å². The number of aliphatic imine (C=N–C) groups is 1. The van der Waals surface area contributed by atoms with Crippen LogP contribution in [0, 0.1) is 5.82 Å². The molecule has 80 valence electrons. The van der Waals surface area contributed by atoms with Crippen LogP contribution in [0.3, 0.4) is 0 Å². The highest BCUT2D eigenvalue weighted by atomic mass is 19.1. The quantitative estimate of drug-likeness (QED) is 0.747. The molecule has 0 heterocycles. The number of benzene rings is 1. The number of rotatable bonds is 3. The fourth-order valence-corrected chi connectivity index (χ4v) is 1.15. The van der Waals surface area contributed by atoms with E-state index >= 15 is 0 Å². The number of halogens is 1. The highest BCUT2D eigenvalue weighted by Gasteiger charge is 2.07. The van der Waals surface area contributed by atoms with Crippen LogP contribution < -0.4 is 5.73 Å². The fraction of sp³-hybridized carbons (Fsp3) is 0.182. The van der Waals surface area contributed by atoms with Crippen LogP contribution in [0.2, 0.25) is 0 Å². The van der Waals surface area contributed by atoms with Crippen molar-refractivity contribution in [3.05, 3.63) is 41.9 Å². The zero-order chi connectivity index (χ0) is 11.3. The van der Waals surface area contributed by atoms with Crippen molar-refractivity contribution in [1.82, 2.24) is 0 Å². The number of aliphatic hydroxyl groups is 1. The Morgan fingerprint density at radius 2 is 2.27 bits per heavy atom. The third-order valence-electron chi connectivity index (χ3n) is 1.85. The van der Waals surface area contributed by atoms with Gasteiger partial charge in [0.25, 0.3) is 0 Å². The number of nitrogens with two attached hydrogens (primary N) is 1. The lowest BCUT2D eigenvalue weighted by molar-refractivity contribution is 0.199. The normalized spacial score (nSPS) is 13.8. The van der Waals surface area contributed by atoms with Crippen molar-refractivity contribution in [2.45, 2.75) is 13.0 Å². The smallest absolute Gasteiger partial charge is 0.123 e. The molecule has 0 unspecified atom stereocenters. The molecule has 0 radical (unpaired) electrons. The fourth-order valence-electron chi connectivity index (χ4n) is 1.15. The second kappa shape index (κ2) is 5.26. The lowest BCUT2D eigenvalue weighted by Crippen LogP contribution is -1.92. The van der Waals surface area contributed by atoms with Gasteiger partial charge in [0.1, 0.15) is 5.82 Å². The molecule has 0 saturated heterocycles. The molecule has 0 spiro atoms. The molecule has 15 heavy (non-hydrogen) atoms. The first kappa shape index (κ1) is 11.4. The number of hydrogen-bond donors (Lipinski definition) is 2. The summed E-state index contributed by atoms with van der Waals surface area (Å²) in [5, 5.41) is 9.40. The summed E-state index contributed by atoms with van der Waals surface area (Å²) in [7, 11) is 0. The van der Waals surface area contributed by atoms with Crippen molar-refractivity contribution in [2.24, 2.45) is 10.7 Å². The molecule has 0 aliphatic carbocycles. The van der Waals surface area contributed by atoms with E-state index in [1.165, 1.54) is 30.6 Å². The molecule has 0 aliphatic rings. The molecule has 3 N–H and O–H groups in total. The van der Waals surface area contributed by atoms with Gasteiger partial charge in [-0.25, -0.2) is 4.39 Å².